The van der Waals surface area contributed by atoms with Gasteiger partial charge in [0.25, 0.3) is 0 Å². The lowest BCUT2D eigenvalue weighted by Crippen LogP contribution is -1.85. The van der Waals surface area contributed by atoms with Gasteiger partial charge in [-0.2, -0.15) is 0 Å². The van der Waals surface area contributed by atoms with Crippen LogP contribution in [0, 0.1) is 5.92 Å². The molecule has 13 heavy (non-hydrogen) atoms. The summed E-state index contributed by atoms with van der Waals surface area (Å²) >= 11 is 0. The van der Waals surface area contributed by atoms with E-state index < -0.39 is 0 Å². The van der Waals surface area contributed by atoms with E-state index in [0.29, 0.717) is 5.92 Å². The molecular formula is C13H12. The van der Waals surface area contributed by atoms with Gasteiger partial charge in [-0.25, -0.2) is 0 Å². The van der Waals surface area contributed by atoms with E-state index >= 15 is 0 Å². The number of allylic oxidation sites excluding steroid dienone is 9. The van der Waals surface area contributed by atoms with Gasteiger partial charge in [-0.3, -0.25) is 0 Å². The zero-order valence-corrected chi connectivity index (χ0v) is 7.70. The lowest BCUT2D eigenvalue weighted by Gasteiger charge is -2.01. The second kappa shape index (κ2) is 3.47. The Balaban J connectivity index is 2.50. The molecule has 0 heteroatoms. The van der Waals surface area contributed by atoms with Crippen LogP contribution in [0.4, 0.5) is 0 Å². The first-order valence-electron chi connectivity index (χ1n) is 4.56. The third-order valence-corrected chi connectivity index (χ3v) is 2.17. The summed E-state index contributed by atoms with van der Waals surface area (Å²) in [5.74, 6) is 0.514. The summed E-state index contributed by atoms with van der Waals surface area (Å²) in [6, 6.07) is 0. The maximum atomic E-state index is 3.11. The molecule has 2 rings (SSSR count). The Morgan fingerprint density at radius 1 is 1.23 bits per heavy atom. The summed E-state index contributed by atoms with van der Waals surface area (Å²) in [5.41, 5.74) is 5.64. The number of hydrogen-bond donors (Lipinski definition) is 0. The molecule has 2 aliphatic rings. The molecule has 64 valence electrons. The zero-order chi connectivity index (χ0) is 9.10. The van der Waals surface area contributed by atoms with Crippen molar-refractivity contribution in [2.75, 3.05) is 0 Å². The average Bonchev–Trinajstić information content (AvgIpc) is 2.38. The molecule has 0 heterocycles. The minimum absolute atomic E-state index is 0.514. The van der Waals surface area contributed by atoms with Crippen LogP contribution < -0.4 is 0 Å². The van der Waals surface area contributed by atoms with Crippen LogP contribution in [-0.4, -0.2) is 0 Å². The summed E-state index contributed by atoms with van der Waals surface area (Å²) in [6.07, 6.45) is 16.8. The fourth-order valence-electron chi connectivity index (χ4n) is 1.49. The van der Waals surface area contributed by atoms with E-state index in [9.17, 15) is 0 Å². The van der Waals surface area contributed by atoms with E-state index in [1.807, 2.05) is 18.2 Å². The van der Waals surface area contributed by atoms with Gasteiger partial charge in [-0.1, -0.05) is 43.4 Å². The summed E-state index contributed by atoms with van der Waals surface area (Å²) in [6.45, 7) is 2.19. The van der Waals surface area contributed by atoms with Crippen LogP contribution in [0.1, 0.15) is 6.92 Å². The lowest BCUT2D eigenvalue weighted by atomic mass is 10.0. The van der Waals surface area contributed by atoms with Gasteiger partial charge in [0.1, 0.15) is 0 Å². The second-order valence-electron chi connectivity index (χ2n) is 3.32. The van der Waals surface area contributed by atoms with E-state index in [1.165, 1.54) is 11.1 Å². The quantitative estimate of drug-likeness (QED) is 0.487. The van der Waals surface area contributed by atoms with Crippen LogP contribution in [0.3, 0.4) is 0 Å². The van der Waals surface area contributed by atoms with E-state index in [4.69, 9.17) is 0 Å². The SMILES string of the molecule is C[C@@H]1C=CC=C2C=C=CC=CC2=C1. The predicted molar refractivity (Wildman–Crippen MR) is 56.3 cm³/mol. The van der Waals surface area contributed by atoms with Gasteiger partial charge in [-0.05, 0) is 29.2 Å². The van der Waals surface area contributed by atoms with Crippen molar-refractivity contribution in [2.45, 2.75) is 6.92 Å². The first-order valence-corrected chi connectivity index (χ1v) is 4.56. The van der Waals surface area contributed by atoms with Gasteiger partial charge >= 0.3 is 0 Å². The maximum Gasteiger partial charge on any atom is -0.00695 e. The average molecular weight is 168 g/mol. The van der Waals surface area contributed by atoms with Crippen LogP contribution in [0.25, 0.3) is 0 Å². The fraction of sp³-hybridized carbons (Fsp3) is 0.154. The molecule has 0 bridgehead atoms. The van der Waals surface area contributed by atoms with Crippen molar-refractivity contribution in [2.24, 2.45) is 5.92 Å². The highest BCUT2D eigenvalue weighted by atomic mass is 14.1. The van der Waals surface area contributed by atoms with Crippen LogP contribution in [0.2, 0.25) is 0 Å². The second-order valence-corrected chi connectivity index (χ2v) is 3.32. The molecular weight excluding hydrogens is 156 g/mol. The number of fused-ring (bicyclic) bond motifs is 1. The molecule has 0 unspecified atom stereocenters. The Morgan fingerprint density at radius 2 is 2.15 bits per heavy atom. The molecule has 0 aliphatic heterocycles. The van der Waals surface area contributed by atoms with Crippen molar-refractivity contribution >= 4 is 0 Å². The van der Waals surface area contributed by atoms with Crippen molar-refractivity contribution in [3.63, 3.8) is 0 Å². The van der Waals surface area contributed by atoms with Crippen molar-refractivity contribution < 1.29 is 0 Å². The highest BCUT2D eigenvalue weighted by Gasteiger charge is 2.03. The zero-order valence-electron chi connectivity index (χ0n) is 7.70. The van der Waals surface area contributed by atoms with Gasteiger partial charge < -0.3 is 0 Å². The van der Waals surface area contributed by atoms with E-state index in [1.54, 1.807) is 0 Å². The summed E-state index contributed by atoms with van der Waals surface area (Å²) < 4.78 is 0. The third kappa shape index (κ3) is 1.80. The van der Waals surface area contributed by atoms with Crippen molar-refractivity contribution in [1.29, 1.82) is 0 Å². The monoisotopic (exact) mass is 168 g/mol. The summed E-state index contributed by atoms with van der Waals surface area (Å²) in [4.78, 5) is 0. The smallest absolute Gasteiger partial charge is 0.00695 e. The Hall–Kier alpha value is -1.52. The Bertz CT molecular complexity index is 380. The van der Waals surface area contributed by atoms with Crippen LogP contribution in [-0.2, 0) is 0 Å². The lowest BCUT2D eigenvalue weighted by molar-refractivity contribution is 0.936. The molecule has 1 atom stereocenters. The minimum Gasteiger partial charge on any atom is -0.120 e. The topological polar surface area (TPSA) is 0 Å². The summed E-state index contributed by atoms with van der Waals surface area (Å²) in [5, 5.41) is 0. The molecule has 2 aliphatic carbocycles. The molecule has 0 spiro atoms. The number of hydrogen-bond acceptors (Lipinski definition) is 0. The van der Waals surface area contributed by atoms with E-state index in [2.05, 4.69) is 43.0 Å². The van der Waals surface area contributed by atoms with E-state index in [0.717, 1.165) is 0 Å². The van der Waals surface area contributed by atoms with Gasteiger partial charge in [0.15, 0.2) is 0 Å². The third-order valence-electron chi connectivity index (χ3n) is 2.17. The molecule has 0 saturated carbocycles. The largest absolute Gasteiger partial charge is 0.120 e. The first-order chi connectivity index (χ1) is 6.36. The summed E-state index contributed by atoms with van der Waals surface area (Å²) in [7, 11) is 0. The molecule has 0 nitrogen and oxygen atoms in total. The van der Waals surface area contributed by atoms with Crippen molar-refractivity contribution in [3.05, 3.63) is 65.5 Å². The predicted octanol–water partition coefficient (Wildman–Crippen LogP) is 3.33. The number of rotatable bonds is 0. The molecule has 0 N–H and O–H groups in total. The molecule has 0 radical (unpaired) electrons. The standard InChI is InChI=1S/C13H12/c1-11-6-5-9-12-7-3-2-4-8-13(12)10-11/h2,4-11H,1H3/t11-/m1/s1. The van der Waals surface area contributed by atoms with Crippen LogP contribution >= 0.6 is 0 Å². The van der Waals surface area contributed by atoms with Gasteiger partial charge in [0, 0.05) is 0 Å². The first kappa shape index (κ1) is 8.10. The van der Waals surface area contributed by atoms with Crippen LogP contribution in [0.15, 0.2) is 65.5 Å². The minimum atomic E-state index is 0.514. The Labute approximate surface area is 79.0 Å². The molecule has 0 aromatic carbocycles. The normalized spacial score (nSPS) is 24.5. The Morgan fingerprint density at radius 3 is 3.08 bits per heavy atom. The maximum absolute atomic E-state index is 3.11. The van der Waals surface area contributed by atoms with Gasteiger partial charge in [0.05, 0.1) is 0 Å². The highest BCUT2D eigenvalue weighted by Crippen LogP contribution is 2.21. The Kier molecular flexibility index (Phi) is 2.16. The van der Waals surface area contributed by atoms with Crippen molar-refractivity contribution in [3.8, 4) is 0 Å². The molecule has 0 aromatic heterocycles. The fourth-order valence-corrected chi connectivity index (χ4v) is 1.49. The van der Waals surface area contributed by atoms with E-state index in [-0.39, 0.29) is 0 Å². The molecule has 0 fully saturated rings. The van der Waals surface area contributed by atoms with Crippen molar-refractivity contribution in [1.82, 2.24) is 0 Å². The molecule has 0 aromatic rings. The van der Waals surface area contributed by atoms with Gasteiger partial charge in [-0.15, -0.1) is 5.73 Å². The van der Waals surface area contributed by atoms with Crippen LogP contribution in [0.5, 0.6) is 0 Å². The molecule has 0 saturated heterocycles. The molecule has 0 amide bonds. The highest BCUT2D eigenvalue weighted by molar-refractivity contribution is 5.51. The van der Waals surface area contributed by atoms with Gasteiger partial charge in [0.2, 0.25) is 0 Å².